The highest BCUT2D eigenvalue weighted by Crippen LogP contribution is 2.30. The lowest BCUT2D eigenvalue weighted by atomic mass is 10.3. The van der Waals surface area contributed by atoms with Gasteiger partial charge in [-0.05, 0) is 18.4 Å². The molecule has 0 unspecified atom stereocenters. The molecule has 4 nitrogen and oxygen atoms in total. The molecule has 1 N–H and O–H groups in total. The van der Waals surface area contributed by atoms with Gasteiger partial charge in [-0.25, -0.2) is 9.97 Å². The van der Waals surface area contributed by atoms with Crippen molar-refractivity contribution in [3.05, 3.63) is 44.1 Å². The van der Waals surface area contributed by atoms with E-state index in [1.54, 1.807) is 18.2 Å². The van der Waals surface area contributed by atoms with E-state index in [9.17, 15) is 0 Å². The van der Waals surface area contributed by atoms with Crippen LogP contribution in [0.15, 0.2) is 28.5 Å². The number of anilines is 1. The van der Waals surface area contributed by atoms with Gasteiger partial charge >= 0.3 is 0 Å². The third-order valence-corrected chi connectivity index (χ3v) is 4.10. The molecule has 0 atom stereocenters. The molecular weight excluding hydrogens is 374 g/mol. The SMILES string of the molecule is CSc1nc(Cl)c(/C=N/Nc2c(Cl)cccc2Cl)c(Cl)n1. The van der Waals surface area contributed by atoms with Crippen LogP contribution in [0.4, 0.5) is 5.69 Å². The molecular formula is C12H8Cl4N4S. The number of halogens is 4. The maximum atomic E-state index is 6.04. The zero-order valence-corrected chi connectivity index (χ0v) is 14.4. The number of nitrogens with zero attached hydrogens (tertiary/aromatic N) is 3. The van der Waals surface area contributed by atoms with Gasteiger partial charge in [0.2, 0.25) is 0 Å². The molecule has 0 fully saturated rings. The minimum absolute atomic E-state index is 0.218. The summed E-state index contributed by atoms with van der Waals surface area (Å²) in [5, 5.41) is 5.84. The fourth-order valence-electron chi connectivity index (χ4n) is 1.36. The monoisotopic (exact) mass is 380 g/mol. The van der Waals surface area contributed by atoms with Crippen LogP contribution in [0.3, 0.4) is 0 Å². The second kappa shape index (κ2) is 7.51. The summed E-state index contributed by atoms with van der Waals surface area (Å²) in [5.74, 6) is 0. The molecule has 0 aliphatic rings. The van der Waals surface area contributed by atoms with Gasteiger partial charge in [0.05, 0.1) is 27.5 Å². The van der Waals surface area contributed by atoms with E-state index >= 15 is 0 Å². The van der Waals surface area contributed by atoms with E-state index in [1.165, 1.54) is 18.0 Å². The highest BCUT2D eigenvalue weighted by Gasteiger charge is 2.09. The largest absolute Gasteiger partial charge is 0.275 e. The number of benzene rings is 1. The molecule has 2 aromatic rings. The van der Waals surface area contributed by atoms with Crippen molar-refractivity contribution in [1.82, 2.24) is 9.97 Å². The molecule has 0 aliphatic heterocycles. The summed E-state index contributed by atoms with van der Waals surface area (Å²) >= 11 is 25.4. The van der Waals surface area contributed by atoms with Gasteiger partial charge in [0, 0.05) is 0 Å². The van der Waals surface area contributed by atoms with Crippen molar-refractivity contribution in [2.75, 3.05) is 11.7 Å². The third-order valence-electron chi connectivity index (χ3n) is 2.35. The molecule has 0 saturated heterocycles. The van der Waals surface area contributed by atoms with Gasteiger partial charge in [0.15, 0.2) is 5.16 Å². The Morgan fingerprint density at radius 1 is 1.10 bits per heavy atom. The van der Waals surface area contributed by atoms with Crippen molar-refractivity contribution in [1.29, 1.82) is 0 Å². The van der Waals surface area contributed by atoms with Gasteiger partial charge in [-0.1, -0.05) is 64.2 Å². The van der Waals surface area contributed by atoms with Gasteiger partial charge in [0.25, 0.3) is 0 Å². The predicted octanol–water partition coefficient (Wildman–Crippen LogP) is 5.26. The first-order valence-electron chi connectivity index (χ1n) is 5.53. The summed E-state index contributed by atoms with van der Waals surface area (Å²) in [6.07, 6.45) is 3.24. The summed E-state index contributed by atoms with van der Waals surface area (Å²) in [4.78, 5) is 8.15. The molecule has 1 heterocycles. The summed E-state index contributed by atoms with van der Waals surface area (Å²) in [5.41, 5.74) is 3.64. The smallest absolute Gasteiger partial charge is 0.190 e. The van der Waals surface area contributed by atoms with Crippen LogP contribution in [-0.4, -0.2) is 22.4 Å². The molecule has 0 spiro atoms. The number of hydrogen-bond donors (Lipinski definition) is 1. The van der Waals surface area contributed by atoms with Crippen LogP contribution in [0, 0.1) is 0 Å². The summed E-state index contributed by atoms with van der Waals surface area (Å²) < 4.78 is 0. The number of thioether (sulfide) groups is 1. The summed E-state index contributed by atoms with van der Waals surface area (Å²) in [6.45, 7) is 0. The van der Waals surface area contributed by atoms with Crippen LogP contribution in [0.5, 0.6) is 0 Å². The van der Waals surface area contributed by atoms with Crippen LogP contribution in [0.25, 0.3) is 0 Å². The fraction of sp³-hybridized carbons (Fsp3) is 0.0833. The first kappa shape index (κ1) is 16.6. The Hall–Kier alpha value is -0.720. The van der Waals surface area contributed by atoms with E-state index in [2.05, 4.69) is 20.5 Å². The Balaban J connectivity index is 2.23. The first-order valence-corrected chi connectivity index (χ1v) is 8.26. The lowest BCUT2D eigenvalue weighted by molar-refractivity contribution is 0.968. The average molecular weight is 382 g/mol. The van der Waals surface area contributed by atoms with Crippen LogP contribution in [-0.2, 0) is 0 Å². The molecule has 9 heteroatoms. The highest BCUT2D eigenvalue weighted by atomic mass is 35.5. The number of rotatable bonds is 4. The Bertz CT molecular complexity index is 650. The Kier molecular flexibility index (Phi) is 5.96. The van der Waals surface area contributed by atoms with E-state index in [4.69, 9.17) is 46.4 Å². The fourth-order valence-corrected chi connectivity index (χ4v) is 2.79. The maximum Gasteiger partial charge on any atom is 0.190 e. The predicted molar refractivity (Wildman–Crippen MR) is 91.5 cm³/mol. The van der Waals surface area contributed by atoms with Crippen molar-refractivity contribution in [3.63, 3.8) is 0 Å². The lowest BCUT2D eigenvalue weighted by Gasteiger charge is -2.06. The van der Waals surface area contributed by atoms with Crippen LogP contribution < -0.4 is 5.43 Å². The van der Waals surface area contributed by atoms with E-state index in [1.807, 2.05) is 6.26 Å². The molecule has 1 aromatic heterocycles. The van der Waals surface area contributed by atoms with E-state index in [-0.39, 0.29) is 10.3 Å². The van der Waals surface area contributed by atoms with Crippen molar-refractivity contribution >= 4 is 70.1 Å². The zero-order chi connectivity index (χ0) is 15.4. The maximum absolute atomic E-state index is 6.04. The van der Waals surface area contributed by atoms with Crippen molar-refractivity contribution < 1.29 is 0 Å². The van der Waals surface area contributed by atoms with E-state index in [0.717, 1.165) is 0 Å². The molecule has 110 valence electrons. The topological polar surface area (TPSA) is 50.2 Å². The van der Waals surface area contributed by atoms with Gasteiger partial charge in [-0.15, -0.1) is 0 Å². The highest BCUT2D eigenvalue weighted by molar-refractivity contribution is 7.98. The van der Waals surface area contributed by atoms with Gasteiger partial charge in [-0.3, -0.25) is 5.43 Å². The molecule has 0 amide bonds. The third kappa shape index (κ3) is 4.14. The van der Waals surface area contributed by atoms with Crippen molar-refractivity contribution in [2.24, 2.45) is 5.10 Å². The number of hydrogen-bond acceptors (Lipinski definition) is 5. The standard InChI is InChI=1S/C12H8Cl4N4S/c1-21-12-18-10(15)6(11(16)19-12)5-17-20-9-7(13)3-2-4-8(9)14/h2-5,20H,1H3/b17-5+. The summed E-state index contributed by atoms with van der Waals surface area (Å²) in [6, 6.07) is 5.13. The van der Waals surface area contributed by atoms with Crippen LogP contribution in [0.2, 0.25) is 20.4 Å². The zero-order valence-electron chi connectivity index (χ0n) is 10.6. The molecule has 0 bridgehead atoms. The first-order chi connectivity index (χ1) is 10.0. The quantitative estimate of drug-likeness (QED) is 0.258. The van der Waals surface area contributed by atoms with Crippen LogP contribution >= 0.6 is 58.2 Å². The molecule has 2 rings (SSSR count). The molecule has 0 radical (unpaired) electrons. The summed E-state index contributed by atoms with van der Waals surface area (Å²) in [7, 11) is 0. The second-order valence-electron chi connectivity index (χ2n) is 3.67. The minimum Gasteiger partial charge on any atom is -0.275 e. The second-order valence-corrected chi connectivity index (χ2v) is 5.98. The van der Waals surface area contributed by atoms with Gasteiger partial charge in [0.1, 0.15) is 10.3 Å². The van der Waals surface area contributed by atoms with E-state index < -0.39 is 0 Å². The molecule has 0 saturated carbocycles. The Labute approximate surface area is 145 Å². The molecule has 0 aliphatic carbocycles. The van der Waals surface area contributed by atoms with Gasteiger partial charge in [-0.2, -0.15) is 5.10 Å². The van der Waals surface area contributed by atoms with E-state index in [0.29, 0.717) is 26.5 Å². The molecule has 21 heavy (non-hydrogen) atoms. The Morgan fingerprint density at radius 3 is 2.19 bits per heavy atom. The normalized spacial score (nSPS) is 11.1. The number of para-hydroxylation sites is 1. The van der Waals surface area contributed by atoms with Gasteiger partial charge < -0.3 is 0 Å². The van der Waals surface area contributed by atoms with Crippen LogP contribution in [0.1, 0.15) is 5.56 Å². The number of hydrazone groups is 1. The average Bonchev–Trinajstić information content (AvgIpc) is 2.44. The number of nitrogens with one attached hydrogen (secondary N) is 1. The Morgan fingerprint density at radius 2 is 1.67 bits per heavy atom. The molecule has 1 aromatic carbocycles. The minimum atomic E-state index is 0.218. The number of aromatic nitrogens is 2. The lowest BCUT2D eigenvalue weighted by Crippen LogP contribution is -1.98. The van der Waals surface area contributed by atoms with Crippen molar-refractivity contribution in [3.8, 4) is 0 Å². The van der Waals surface area contributed by atoms with Crippen molar-refractivity contribution in [2.45, 2.75) is 5.16 Å².